The van der Waals surface area contributed by atoms with E-state index in [9.17, 15) is 4.79 Å². The number of halogens is 2. The molecule has 63 valence electrons. The van der Waals surface area contributed by atoms with Gasteiger partial charge in [0.1, 0.15) is 5.75 Å². The number of ether oxygens (including phenoxy) is 1. The predicted octanol–water partition coefficient (Wildman–Crippen LogP) is 2.31. The van der Waals surface area contributed by atoms with E-state index in [4.69, 9.17) is 27.9 Å². The van der Waals surface area contributed by atoms with E-state index in [2.05, 4.69) is 0 Å². The lowest BCUT2D eigenvalue weighted by Gasteiger charge is -2.12. The molecule has 0 aliphatic rings. The minimum Gasteiger partial charge on any atom is -0.451 e. The summed E-state index contributed by atoms with van der Waals surface area (Å²) in [5, 5.41) is 0. The van der Waals surface area contributed by atoms with Crippen molar-refractivity contribution in [3.05, 3.63) is 30.3 Å². The third kappa shape index (κ3) is 2.72. The van der Waals surface area contributed by atoms with E-state index in [1.54, 1.807) is 24.3 Å². The van der Waals surface area contributed by atoms with Crippen LogP contribution >= 0.6 is 23.2 Å². The van der Waals surface area contributed by atoms with Crippen LogP contribution in [0.2, 0.25) is 0 Å². The number of hydrogen-bond donors (Lipinski definition) is 0. The molecule has 4 heteroatoms. The van der Waals surface area contributed by atoms with Crippen LogP contribution in [-0.2, 0) is 4.79 Å². The van der Waals surface area contributed by atoms with Gasteiger partial charge >= 0.3 is 4.52 Å². The molecular formula is C8H5Cl2O2. The molecule has 1 rings (SSSR count). The quantitative estimate of drug-likeness (QED) is 0.706. The Labute approximate surface area is 80.0 Å². The third-order valence-electron chi connectivity index (χ3n) is 1.11. The second-order valence-electron chi connectivity index (χ2n) is 2.03. The summed E-state index contributed by atoms with van der Waals surface area (Å²) >= 11 is 10.7. The van der Waals surface area contributed by atoms with Gasteiger partial charge in [0, 0.05) is 0 Å². The van der Waals surface area contributed by atoms with Gasteiger partial charge in [-0.15, -0.1) is 0 Å². The van der Waals surface area contributed by atoms with Gasteiger partial charge in [0.2, 0.25) is 0 Å². The zero-order chi connectivity index (χ0) is 9.03. The van der Waals surface area contributed by atoms with Gasteiger partial charge in [0.15, 0.2) is 0 Å². The van der Waals surface area contributed by atoms with Crippen molar-refractivity contribution in [1.29, 1.82) is 0 Å². The number of hydrogen-bond acceptors (Lipinski definition) is 2. The summed E-state index contributed by atoms with van der Waals surface area (Å²) in [6, 6.07) is 8.56. The molecule has 1 aromatic rings. The molecule has 0 aromatic heterocycles. The fraction of sp³-hybridized carbons (Fsp3) is 0.125. The normalized spacial score (nSPS) is 10.8. The van der Waals surface area contributed by atoms with Gasteiger partial charge in [-0.25, -0.2) is 0 Å². The van der Waals surface area contributed by atoms with Crippen molar-refractivity contribution in [2.75, 3.05) is 0 Å². The highest BCUT2D eigenvalue weighted by Crippen LogP contribution is 2.23. The Morgan fingerprint density at radius 1 is 1.25 bits per heavy atom. The summed E-state index contributed by atoms with van der Waals surface area (Å²) in [4.78, 5) is 10.1. The standard InChI is InChI=1S/C8H5Cl2O2/c9-8(10,6-11)12-7-4-2-1-3-5-7/h1-5H. The van der Waals surface area contributed by atoms with Crippen molar-refractivity contribution in [2.45, 2.75) is 4.52 Å². The average Bonchev–Trinajstić information content (AvgIpc) is 2.06. The van der Waals surface area contributed by atoms with E-state index < -0.39 is 4.52 Å². The summed E-state index contributed by atoms with van der Waals surface area (Å²) in [6.45, 7) is 0. The molecule has 0 aliphatic carbocycles. The first-order valence-electron chi connectivity index (χ1n) is 3.15. The smallest absolute Gasteiger partial charge is 0.326 e. The van der Waals surface area contributed by atoms with Gasteiger partial charge in [0.05, 0.1) is 0 Å². The predicted molar refractivity (Wildman–Crippen MR) is 47.2 cm³/mol. The van der Waals surface area contributed by atoms with Crippen LogP contribution in [-0.4, -0.2) is 10.8 Å². The first-order valence-corrected chi connectivity index (χ1v) is 3.91. The van der Waals surface area contributed by atoms with Gasteiger partial charge in [-0.05, 0) is 35.3 Å². The number of benzene rings is 1. The van der Waals surface area contributed by atoms with Crippen LogP contribution in [0.3, 0.4) is 0 Å². The van der Waals surface area contributed by atoms with E-state index >= 15 is 0 Å². The van der Waals surface area contributed by atoms with Crippen molar-refractivity contribution in [3.8, 4) is 5.75 Å². The van der Waals surface area contributed by atoms with E-state index in [0.29, 0.717) is 5.75 Å². The number of alkyl halides is 2. The maximum Gasteiger partial charge on any atom is 0.326 e. The molecule has 2 nitrogen and oxygen atoms in total. The maximum atomic E-state index is 10.1. The molecule has 0 aliphatic heterocycles. The molecule has 0 atom stereocenters. The van der Waals surface area contributed by atoms with E-state index in [-0.39, 0.29) is 0 Å². The van der Waals surface area contributed by atoms with Gasteiger partial charge in [-0.2, -0.15) is 0 Å². The van der Waals surface area contributed by atoms with E-state index in [1.165, 1.54) is 6.29 Å². The van der Waals surface area contributed by atoms with Crippen LogP contribution in [0.15, 0.2) is 30.3 Å². The van der Waals surface area contributed by atoms with Crippen LogP contribution in [0.1, 0.15) is 0 Å². The molecule has 0 heterocycles. The van der Waals surface area contributed by atoms with Crippen molar-refractivity contribution < 1.29 is 9.53 Å². The van der Waals surface area contributed by atoms with Crippen molar-refractivity contribution in [3.63, 3.8) is 0 Å². The largest absolute Gasteiger partial charge is 0.451 e. The van der Waals surface area contributed by atoms with Crippen LogP contribution < -0.4 is 4.74 Å². The summed E-state index contributed by atoms with van der Waals surface area (Å²) in [6.07, 6.45) is 1.35. The van der Waals surface area contributed by atoms with Crippen LogP contribution in [0.5, 0.6) is 5.75 Å². The Bertz CT molecular complexity index is 259. The average molecular weight is 204 g/mol. The number of para-hydroxylation sites is 1. The molecule has 12 heavy (non-hydrogen) atoms. The minimum atomic E-state index is -1.92. The zero-order valence-electron chi connectivity index (χ0n) is 5.96. The molecule has 0 bridgehead atoms. The van der Waals surface area contributed by atoms with Crippen LogP contribution in [0.25, 0.3) is 0 Å². The second-order valence-corrected chi connectivity index (χ2v) is 3.29. The fourth-order valence-corrected chi connectivity index (χ4v) is 0.836. The van der Waals surface area contributed by atoms with Crippen molar-refractivity contribution in [1.82, 2.24) is 0 Å². The first-order chi connectivity index (χ1) is 5.64. The van der Waals surface area contributed by atoms with Gasteiger partial charge in [-0.3, -0.25) is 4.79 Å². The lowest BCUT2D eigenvalue weighted by molar-refractivity contribution is 0.297. The molecule has 0 saturated heterocycles. The van der Waals surface area contributed by atoms with Crippen LogP contribution in [0, 0.1) is 0 Å². The molecule has 0 spiro atoms. The highest BCUT2D eigenvalue weighted by atomic mass is 35.5. The van der Waals surface area contributed by atoms with Crippen molar-refractivity contribution >= 4 is 29.5 Å². The highest BCUT2D eigenvalue weighted by Gasteiger charge is 2.26. The Morgan fingerprint density at radius 2 is 1.83 bits per heavy atom. The molecule has 0 amide bonds. The van der Waals surface area contributed by atoms with Gasteiger partial charge in [0.25, 0.3) is 6.29 Å². The Kier molecular flexibility index (Phi) is 2.95. The Morgan fingerprint density at radius 3 is 2.33 bits per heavy atom. The van der Waals surface area contributed by atoms with E-state index in [0.717, 1.165) is 0 Å². The molecule has 0 fully saturated rings. The van der Waals surface area contributed by atoms with Crippen molar-refractivity contribution in [2.24, 2.45) is 0 Å². The fourth-order valence-electron chi connectivity index (χ4n) is 0.657. The Hall–Kier alpha value is -0.730. The van der Waals surface area contributed by atoms with E-state index in [1.807, 2.05) is 6.07 Å². The topological polar surface area (TPSA) is 26.3 Å². The lowest BCUT2D eigenvalue weighted by atomic mass is 10.3. The lowest BCUT2D eigenvalue weighted by Crippen LogP contribution is -2.22. The summed E-state index contributed by atoms with van der Waals surface area (Å²) in [5.74, 6) is 0.422. The molecule has 1 radical (unpaired) electrons. The third-order valence-corrected chi connectivity index (χ3v) is 1.42. The summed E-state index contributed by atoms with van der Waals surface area (Å²) < 4.78 is 2.94. The second kappa shape index (κ2) is 3.78. The Balaban J connectivity index is 2.70. The SMILES string of the molecule is O=[C]C(Cl)(Cl)Oc1ccccc1. The molecule has 1 aromatic carbocycles. The maximum absolute atomic E-state index is 10.1. The number of rotatable bonds is 3. The molecular weight excluding hydrogens is 199 g/mol. The first kappa shape index (κ1) is 9.36. The minimum absolute atomic E-state index is 0.422. The molecule has 0 saturated carbocycles. The zero-order valence-corrected chi connectivity index (χ0v) is 7.47. The van der Waals surface area contributed by atoms with Crippen LogP contribution in [0.4, 0.5) is 0 Å². The molecule has 0 unspecified atom stereocenters. The molecule has 0 N–H and O–H groups in total. The summed E-state index contributed by atoms with van der Waals surface area (Å²) in [5.41, 5.74) is 0. The van der Waals surface area contributed by atoms with Gasteiger partial charge < -0.3 is 4.74 Å². The highest BCUT2D eigenvalue weighted by molar-refractivity contribution is 6.54. The summed E-state index contributed by atoms with van der Waals surface area (Å²) in [7, 11) is 0. The monoisotopic (exact) mass is 203 g/mol. The number of carbonyl (C=O) groups excluding carboxylic acids is 1. The van der Waals surface area contributed by atoms with Gasteiger partial charge in [-0.1, -0.05) is 18.2 Å².